The van der Waals surface area contributed by atoms with Gasteiger partial charge in [0.1, 0.15) is 5.82 Å². The van der Waals surface area contributed by atoms with Crippen molar-refractivity contribution in [1.29, 1.82) is 0 Å². The van der Waals surface area contributed by atoms with Crippen LogP contribution < -0.4 is 38.1 Å². The highest BCUT2D eigenvalue weighted by molar-refractivity contribution is 5.56. The van der Waals surface area contributed by atoms with Gasteiger partial charge in [-0.2, -0.15) is 15.0 Å². The van der Waals surface area contributed by atoms with Crippen molar-refractivity contribution in [3.8, 4) is 0 Å². The normalized spacial score (nSPS) is 27.2. The molecule has 4 rings (SSSR count). The fourth-order valence-electron chi connectivity index (χ4n) is 4.04. The second-order valence-electron chi connectivity index (χ2n) is 8.21. The zero-order valence-corrected chi connectivity index (χ0v) is 16.8. The van der Waals surface area contributed by atoms with Gasteiger partial charge in [0.05, 0.1) is 0 Å². The molecule has 162 valence electrons. The molecule has 3 heterocycles. The molecule has 0 unspecified atom stereocenters. The van der Waals surface area contributed by atoms with Crippen LogP contribution in [-0.4, -0.2) is 65.3 Å². The van der Waals surface area contributed by atoms with E-state index < -0.39 is 0 Å². The Kier molecular flexibility index (Phi) is 5.95. The molecule has 0 amide bonds. The molecule has 0 aliphatic carbocycles. The van der Waals surface area contributed by atoms with Crippen LogP contribution >= 0.6 is 0 Å². The van der Waals surface area contributed by atoms with Gasteiger partial charge in [0.2, 0.25) is 17.8 Å². The minimum Gasteiger partial charge on any atom is -0.338 e. The van der Waals surface area contributed by atoms with Gasteiger partial charge in [-0.15, -0.1) is 0 Å². The van der Waals surface area contributed by atoms with Crippen LogP contribution in [0.15, 0.2) is 24.3 Å². The molecule has 0 bridgehead atoms. The highest BCUT2D eigenvalue weighted by Gasteiger charge is 2.28. The average molecular weight is 417 g/mol. The van der Waals surface area contributed by atoms with Crippen LogP contribution in [-0.2, 0) is 0 Å². The highest BCUT2D eigenvalue weighted by atomic mass is 19.1. The van der Waals surface area contributed by atoms with Gasteiger partial charge in [-0.1, -0.05) is 0 Å². The largest absolute Gasteiger partial charge is 0.338 e. The molecule has 11 heteroatoms. The molecule has 0 radical (unpaired) electrons. The number of hydrogen-bond donors (Lipinski definition) is 5. The fraction of sp³-hybridized carbons (Fsp3) is 0.526. The number of hydrogen-bond acceptors (Lipinski definition) is 10. The highest BCUT2D eigenvalue weighted by Crippen LogP contribution is 2.23. The third kappa shape index (κ3) is 4.93. The van der Waals surface area contributed by atoms with Crippen molar-refractivity contribution < 1.29 is 4.39 Å². The zero-order chi connectivity index (χ0) is 21.3. The number of halogens is 1. The summed E-state index contributed by atoms with van der Waals surface area (Å²) >= 11 is 0. The van der Waals surface area contributed by atoms with Crippen LogP contribution in [0.25, 0.3) is 0 Å². The molecule has 2 saturated heterocycles. The van der Waals surface area contributed by atoms with Crippen molar-refractivity contribution in [3.05, 3.63) is 30.1 Å². The minimum atomic E-state index is -0.315. The maximum absolute atomic E-state index is 13.3. The standard InChI is InChI=1S/C19H29FN10/c20-11-1-3-16(4-2-11)25-17-26-18(29-7-12(21)5-13(22)8-29)28-19(27-17)30-9-14(23)6-15(24)10-30/h1-4,12-15H,5-10,21-24H2,(H,25,26,27,28)/t12-,13+,14-,15+. The van der Waals surface area contributed by atoms with E-state index in [4.69, 9.17) is 22.9 Å². The molecule has 2 aliphatic heterocycles. The first kappa shape index (κ1) is 20.7. The molecular weight excluding hydrogens is 387 g/mol. The number of anilines is 4. The van der Waals surface area contributed by atoms with Gasteiger partial charge in [-0.25, -0.2) is 4.39 Å². The number of nitrogens with two attached hydrogens (primary N) is 4. The number of nitrogens with one attached hydrogen (secondary N) is 1. The van der Waals surface area contributed by atoms with Gasteiger partial charge < -0.3 is 38.1 Å². The summed E-state index contributed by atoms with van der Waals surface area (Å²) in [6, 6.07) is 5.76. The maximum Gasteiger partial charge on any atom is 0.233 e. The smallest absolute Gasteiger partial charge is 0.233 e. The second-order valence-corrected chi connectivity index (χ2v) is 8.21. The van der Waals surface area contributed by atoms with E-state index in [9.17, 15) is 4.39 Å². The van der Waals surface area contributed by atoms with E-state index in [1.54, 1.807) is 12.1 Å². The molecule has 9 N–H and O–H groups in total. The van der Waals surface area contributed by atoms with Crippen LogP contribution in [0, 0.1) is 5.82 Å². The van der Waals surface area contributed by atoms with Crippen molar-refractivity contribution in [3.63, 3.8) is 0 Å². The first-order valence-electron chi connectivity index (χ1n) is 10.2. The summed E-state index contributed by atoms with van der Waals surface area (Å²) in [5.41, 5.74) is 25.3. The third-order valence-corrected chi connectivity index (χ3v) is 5.31. The Morgan fingerprint density at radius 1 is 0.733 bits per heavy atom. The van der Waals surface area contributed by atoms with Crippen LogP contribution in [0.2, 0.25) is 0 Å². The van der Waals surface area contributed by atoms with Gasteiger partial charge >= 0.3 is 0 Å². The first-order chi connectivity index (χ1) is 14.4. The zero-order valence-electron chi connectivity index (χ0n) is 16.8. The lowest BCUT2D eigenvalue weighted by Crippen LogP contribution is -2.54. The Morgan fingerprint density at radius 3 is 1.60 bits per heavy atom. The predicted molar refractivity (Wildman–Crippen MR) is 115 cm³/mol. The lowest BCUT2D eigenvalue weighted by Gasteiger charge is -2.37. The summed E-state index contributed by atoms with van der Waals surface area (Å²) in [5, 5.41) is 3.13. The summed E-state index contributed by atoms with van der Waals surface area (Å²) in [6.07, 6.45) is 1.51. The number of benzene rings is 1. The number of piperidine rings is 2. The molecule has 2 aromatic rings. The lowest BCUT2D eigenvalue weighted by molar-refractivity contribution is 0.441. The molecule has 1 aromatic heterocycles. The Bertz CT molecular complexity index is 799. The van der Waals surface area contributed by atoms with Gasteiger partial charge in [0.25, 0.3) is 0 Å². The number of nitrogens with zero attached hydrogens (tertiary/aromatic N) is 5. The van der Waals surface area contributed by atoms with E-state index in [-0.39, 0.29) is 30.0 Å². The molecule has 4 atom stereocenters. The fourth-order valence-corrected chi connectivity index (χ4v) is 4.04. The molecular formula is C19H29FN10. The van der Waals surface area contributed by atoms with Crippen molar-refractivity contribution in [2.24, 2.45) is 22.9 Å². The van der Waals surface area contributed by atoms with Crippen LogP contribution in [0.4, 0.5) is 27.9 Å². The average Bonchev–Trinajstić information content (AvgIpc) is 2.68. The van der Waals surface area contributed by atoms with Crippen molar-refractivity contribution in [1.82, 2.24) is 15.0 Å². The molecule has 10 nitrogen and oxygen atoms in total. The molecule has 0 spiro atoms. The van der Waals surface area contributed by atoms with E-state index in [0.717, 1.165) is 12.8 Å². The Morgan fingerprint density at radius 2 is 1.17 bits per heavy atom. The number of rotatable bonds is 4. The Hall–Kier alpha value is -2.60. The van der Waals surface area contributed by atoms with Gasteiger partial charge in [-0.3, -0.25) is 0 Å². The quantitative estimate of drug-likeness (QED) is 0.439. The second kappa shape index (κ2) is 8.64. The number of aromatic nitrogens is 3. The SMILES string of the molecule is N[C@@H]1C[C@H](N)CN(c2nc(Nc3ccc(F)cc3)nc(N3C[C@H](N)C[C@H](N)C3)n2)C1. The van der Waals surface area contributed by atoms with E-state index in [1.807, 2.05) is 9.80 Å². The maximum atomic E-state index is 13.3. The van der Waals surface area contributed by atoms with E-state index in [0.29, 0.717) is 49.7 Å². The Balaban J connectivity index is 1.67. The van der Waals surface area contributed by atoms with Crippen molar-refractivity contribution in [2.75, 3.05) is 41.3 Å². The summed E-state index contributed by atoms with van der Waals surface area (Å²) in [4.78, 5) is 17.8. The minimum absolute atomic E-state index is 0.0562. The lowest BCUT2D eigenvalue weighted by atomic mass is 10.0. The van der Waals surface area contributed by atoms with Crippen LogP contribution in [0.1, 0.15) is 12.8 Å². The Labute approximate surface area is 174 Å². The van der Waals surface area contributed by atoms with Crippen LogP contribution in [0.5, 0.6) is 0 Å². The summed E-state index contributed by atoms with van der Waals surface area (Å²) in [5.74, 6) is 1.01. The first-order valence-corrected chi connectivity index (χ1v) is 10.2. The molecule has 30 heavy (non-hydrogen) atoms. The van der Waals surface area contributed by atoms with Gasteiger partial charge in [-0.05, 0) is 37.1 Å². The van der Waals surface area contributed by atoms with Gasteiger partial charge in [0, 0.05) is 56.0 Å². The molecule has 0 saturated carbocycles. The molecule has 2 aliphatic rings. The molecule has 2 fully saturated rings. The van der Waals surface area contributed by atoms with Gasteiger partial charge in [0.15, 0.2) is 0 Å². The van der Waals surface area contributed by atoms with E-state index in [1.165, 1.54) is 12.1 Å². The summed E-state index contributed by atoms with van der Waals surface area (Å²) < 4.78 is 13.3. The monoisotopic (exact) mass is 416 g/mol. The summed E-state index contributed by atoms with van der Waals surface area (Å²) in [7, 11) is 0. The van der Waals surface area contributed by atoms with Crippen molar-refractivity contribution >= 4 is 23.5 Å². The summed E-state index contributed by atoms with van der Waals surface area (Å²) in [6.45, 7) is 2.41. The van der Waals surface area contributed by atoms with Crippen molar-refractivity contribution in [2.45, 2.75) is 37.0 Å². The molecule has 1 aromatic carbocycles. The van der Waals surface area contributed by atoms with E-state index >= 15 is 0 Å². The third-order valence-electron chi connectivity index (χ3n) is 5.31. The van der Waals surface area contributed by atoms with E-state index in [2.05, 4.69) is 20.3 Å². The van der Waals surface area contributed by atoms with Crippen LogP contribution in [0.3, 0.4) is 0 Å². The topological polar surface area (TPSA) is 161 Å². The predicted octanol–water partition coefficient (Wildman–Crippen LogP) is -0.516.